The van der Waals surface area contributed by atoms with Crippen molar-refractivity contribution in [3.05, 3.63) is 0 Å². The number of carbonyl (C=O) groups excluding carboxylic acids is 1. The maximum absolute atomic E-state index is 9.82. The molecule has 0 spiro atoms. The van der Waals surface area contributed by atoms with Crippen LogP contribution in [0.5, 0.6) is 0 Å². The Morgan fingerprint density at radius 2 is 1.80 bits per heavy atom. The standard InChI is InChI=1S/C5H10O2.2ClH.Cr/c1-3-4(2)5(6)7;;;/h4H,3H2,1-2H3,(H,6,7);2*1H;/q;;;+3/p-3. The minimum absolute atomic E-state index is 0. The minimum atomic E-state index is -0.956. The first kappa shape index (κ1) is 22.4. The average Bonchev–Trinajstić information content (AvgIpc) is 1.65. The molecule has 0 bridgehead atoms. The number of aliphatic carboxylic acids is 1. The van der Waals surface area contributed by atoms with Crippen molar-refractivity contribution >= 4 is 5.97 Å². The van der Waals surface area contributed by atoms with Gasteiger partial charge in [0.25, 0.3) is 0 Å². The van der Waals surface area contributed by atoms with Gasteiger partial charge in [-0.3, -0.25) is 0 Å². The van der Waals surface area contributed by atoms with Gasteiger partial charge in [-0.25, -0.2) is 0 Å². The zero-order valence-electron chi connectivity index (χ0n) is 5.77. The number of hydrogen-bond donors (Lipinski definition) is 0. The molecule has 5 heteroatoms. The zero-order valence-corrected chi connectivity index (χ0v) is 8.55. The maximum Gasteiger partial charge on any atom is 3.00 e. The molecule has 0 aliphatic heterocycles. The van der Waals surface area contributed by atoms with Gasteiger partial charge in [0.05, 0.1) is 0 Å². The Hall–Kier alpha value is 0.582. The third-order valence-corrected chi connectivity index (χ3v) is 1.01. The van der Waals surface area contributed by atoms with Crippen LogP contribution in [-0.2, 0) is 22.2 Å². The van der Waals surface area contributed by atoms with Crippen LogP contribution in [-0.4, -0.2) is 5.97 Å². The second kappa shape index (κ2) is 12.3. The largest absolute Gasteiger partial charge is 3.00 e. The molecule has 0 heterocycles. The van der Waals surface area contributed by atoms with Crippen LogP contribution in [0, 0.1) is 5.92 Å². The molecule has 1 atom stereocenters. The van der Waals surface area contributed by atoms with Crippen LogP contribution in [0.4, 0.5) is 0 Å². The third-order valence-electron chi connectivity index (χ3n) is 1.01. The van der Waals surface area contributed by atoms with Gasteiger partial charge in [-0.1, -0.05) is 13.8 Å². The van der Waals surface area contributed by atoms with E-state index in [4.69, 9.17) is 0 Å². The van der Waals surface area contributed by atoms with Crippen LogP contribution < -0.4 is 29.9 Å². The fourth-order valence-electron chi connectivity index (χ4n) is 0.167. The van der Waals surface area contributed by atoms with E-state index in [9.17, 15) is 9.90 Å². The Balaban J connectivity index is -0.0000000600. The molecular weight excluding hydrogens is 215 g/mol. The molecule has 0 aliphatic carbocycles. The molecule has 2 nitrogen and oxygen atoms in total. The molecule has 0 aromatic heterocycles. The van der Waals surface area contributed by atoms with E-state index in [1.165, 1.54) is 0 Å². The predicted molar refractivity (Wildman–Crippen MR) is 24.5 cm³/mol. The number of rotatable bonds is 2. The van der Waals surface area contributed by atoms with Gasteiger partial charge < -0.3 is 34.7 Å². The van der Waals surface area contributed by atoms with Gasteiger partial charge in [0.1, 0.15) is 0 Å². The normalized spacial score (nSPS) is 9.40. The van der Waals surface area contributed by atoms with Crippen LogP contribution in [0.2, 0.25) is 0 Å². The first-order valence-corrected chi connectivity index (χ1v) is 2.39. The number of carboxylic acid groups (broad SMARTS) is 1. The fourth-order valence-corrected chi connectivity index (χ4v) is 0.167. The molecule has 0 rings (SSSR count). The Morgan fingerprint density at radius 1 is 1.50 bits per heavy atom. The molecule has 0 aromatic carbocycles. The SMILES string of the molecule is CCC(C)C(=O)[O-].[Cl-].[Cl-].[Cr+3]. The van der Waals surface area contributed by atoms with Gasteiger partial charge in [0.2, 0.25) is 0 Å². The van der Waals surface area contributed by atoms with Crippen molar-refractivity contribution in [3.63, 3.8) is 0 Å². The molecule has 0 aromatic rings. The van der Waals surface area contributed by atoms with E-state index in [1.54, 1.807) is 6.92 Å². The summed E-state index contributed by atoms with van der Waals surface area (Å²) in [6.07, 6.45) is 0.655. The van der Waals surface area contributed by atoms with Crippen LogP contribution in [0.15, 0.2) is 0 Å². The van der Waals surface area contributed by atoms with Crippen LogP contribution in [0.3, 0.4) is 0 Å². The molecule has 0 N–H and O–H groups in total. The van der Waals surface area contributed by atoms with Crippen molar-refractivity contribution < 1.29 is 52.1 Å². The summed E-state index contributed by atoms with van der Waals surface area (Å²) in [7, 11) is 0. The molecule has 0 saturated carbocycles. The van der Waals surface area contributed by atoms with Gasteiger partial charge in [0, 0.05) is 5.97 Å². The Bertz CT molecular complexity index is 80.0. The van der Waals surface area contributed by atoms with E-state index in [2.05, 4.69) is 0 Å². The predicted octanol–water partition coefficient (Wildman–Crippen LogP) is -6.21. The molecule has 0 fully saturated rings. The monoisotopic (exact) mass is 223 g/mol. The Morgan fingerprint density at radius 3 is 1.80 bits per heavy atom. The Kier molecular flexibility index (Phi) is 27.5. The molecule has 10 heavy (non-hydrogen) atoms. The summed E-state index contributed by atoms with van der Waals surface area (Å²) < 4.78 is 0. The van der Waals surface area contributed by atoms with Crippen molar-refractivity contribution in [1.82, 2.24) is 0 Å². The van der Waals surface area contributed by atoms with Crippen molar-refractivity contribution in [2.24, 2.45) is 5.92 Å². The summed E-state index contributed by atoms with van der Waals surface area (Å²) in [6, 6.07) is 0. The van der Waals surface area contributed by atoms with Crippen LogP contribution in [0.25, 0.3) is 0 Å². The topological polar surface area (TPSA) is 40.1 Å². The van der Waals surface area contributed by atoms with Crippen LogP contribution >= 0.6 is 0 Å². The van der Waals surface area contributed by atoms with E-state index in [0.717, 1.165) is 0 Å². The van der Waals surface area contributed by atoms with Gasteiger partial charge in [-0.15, -0.1) is 0 Å². The minimum Gasteiger partial charge on any atom is -1.00 e. The van der Waals surface area contributed by atoms with E-state index in [1.807, 2.05) is 6.92 Å². The molecular formula is C5H9Cl2CrO2. The molecule has 61 valence electrons. The van der Waals surface area contributed by atoms with Gasteiger partial charge in [-0.05, 0) is 12.3 Å². The summed E-state index contributed by atoms with van der Waals surface area (Å²) in [5, 5.41) is 9.82. The van der Waals surface area contributed by atoms with E-state index < -0.39 is 5.97 Å². The summed E-state index contributed by atoms with van der Waals surface area (Å²) in [6.45, 7) is 3.45. The van der Waals surface area contributed by atoms with Crippen LogP contribution in [0.1, 0.15) is 20.3 Å². The van der Waals surface area contributed by atoms with Gasteiger partial charge in [0.15, 0.2) is 0 Å². The number of carboxylic acids is 1. The second-order valence-electron chi connectivity index (χ2n) is 1.63. The Labute approximate surface area is 84.3 Å². The first-order chi connectivity index (χ1) is 3.18. The van der Waals surface area contributed by atoms with Crippen molar-refractivity contribution in [3.8, 4) is 0 Å². The zero-order chi connectivity index (χ0) is 5.86. The summed E-state index contributed by atoms with van der Waals surface area (Å²) in [5.74, 6) is -1.25. The number of halogens is 2. The summed E-state index contributed by atoms with van der Waals surface area (Å²) >= 11 is 0. The van der Waals surface area contributed by atoms with Crippen molar-refractivity contribution in [1.29, 1.82) is 0 Å². The third kappa shape index (κ3) is 11.4. The molecule has 0 saturated heterocycles. The fraction of sp³-hybridized carbons (Fsp3) is 0.800. The molecule has 0 aliphatic rings. The maximum atomic E-state index is 9.82. The molecule has 0 amide bonds. The molecule has 1 radical (unpaired) electrons. The molecule has 1 unspecified atom stereocenters. The van der Waals surface area contributed by atoms with Gasteiger partial charge >= 0.3 is 17.4 Å². The first-order valence-electron chi connectivity index (χ1n) is 2.39. The quantitative estimate of drug-likeness (QED) is 0.468. The number of hydrogen-bond acceptors (Lipinski definition) is 2. The summed E-state index contributed by atoms with van der Waals surface area (Å²) in [4.78, 5) is 9.82. The van der Waals surface area contributed by atoms with Gasteiger partial charge in [-0.2, -0.15) is 0 Å². The number of carbonyl (C=O) groups is 1. The van der Waals surface area contributed by atoms with E-state index in [0.29, 0.717) is 6.42 Å². The van der Waals surface area contributed by atoms with E-state index >= 15 is 0 Å². The summed E-state index contributed by atoms with van der Waals surface area (Å²) in [5.41, 5.74) is 0. The van der Waals surface area contributed by atoms with Crippen molar-refractivity contribution in [2.45, 2.75) is 20.3 Å². The smallest absolute Gasteiger partial charge is 1.00 e. The van der Waals surface area contributed by atoms with E-state index in [-0.39, 0.29) is 48.1 Å². The average molecular weight is 224 g/mol. The second-order valence-corrected chi connectivity index (χ2v) is 1.63. The van der Waals surface area contributed by atoms with Crippen molar-refractivity contribution in [2.75, 3.05) is 0 Å².